The highest BCUT2D eigenvalue weighted by Gasteiger charge is 2.18. The summed E-state index contributed by atoms with van der Waals surface area (Å²) in [7, 11) is 1.49. The van der Waals surface area contributed by atoms with Crippen LogP contribution in [0.25, 0.3) is 0 Å². The summed E-state index contributed by atoms with van der Waals surface area (Å²) >= 11 is 0. The van der Waals surface area contributed by atoms with Crippen LogP contribution in [0.4, 0.5) is 4.39 Å². The minimum Gasteiger partial charge on any atom is -0.496 e. The molecule has 1 aromatic carbocycles. The van der Waals surface area contributed by atoms with Gasteiger partial charge in [0, 0.05) is 23.4 Å². The molecule has 0 aliphatic heterocycles. The highest BCUT2D eigenvalue weighted by molar-refractivity contribution is 5.39. The van der Waals surface area contributed by atoms with Gasteiger partial charge in [-0.1, -0.05) is 0 Å². The molecule has 0 saturated heterocycles. The summed E-state index contributed by atoms with van der Waals surface area (Å²) in [5.41, 5.74) is 1.00. The van der Waals surface area contributed by atoms with Gasteiger partial charge in [-0.05, 0) is 32.0 Å². The van der Waals surface area contributed by atoms with Gasteiger partial charge in [-0.2, -0.15) is 5.10 Å². The van der Waals surface area contributed by atoms with Gasteiger partial charge in [0.25, 0.3) is 0 Å². The molecule has 4 nitrogen and oxygen atoms in total. The third-order valence-electron chi connectivity index (χ3n) is 2.95. The SMILES string of the molecule is COc1ccc(F)cc1C(O)c1cnn(C(C)C)c1. The minimum atomic E-state index is -0.960. The van der Waals surface area contributed by atoms with E-state index in [1.807, 2.05) is 13.8 Å². The van der Waals surface area contributed by atoms with E-state index in [1.165, 1.54) is 25.3 Å². The number of rotatable bonds is 4. The van der Waals surface area contributed by atoms with E-state index in [0.717, 1.165) is 0 Å². The Hall–Kier alpha value is -1.88. The summed E-state index contributed by atoms with van der Waals surface area (Å²) in [6, 6.07) is 4.28. The Balaban J connectivity index is 2.37. The van der Waals surface area contributed by atoms with Crippen LogP contribution in [0.15, 0.2) is 30.6 Å². The molecule has 2 rings (SSSR count). The second-order valence-electron chi connectivity index (χ2n) is 4.64. The van der Waals surface area contributed by atoms with Crippen molar-refractivity contribution in [2.45, 2.75) is 26.0 Å². The van der Waals surface area contributed by atoms with Gasteiger partial charge in [0.05, 0.1) is 13.3 Å². The fourth-order valence-corrected chi connectivity index (χ4v) is 1.87. The molecule has 5 heteroatoms. The van der Waals surface area contributed by atoms with Crippen LogP contribution in [0, 0.1) is 5.82 Å². The topological polar surface area (TPSA) is 47.3 Å². The lowest BCUT2D eigenvalue weighted by atomic mass is 10.0. The molecule has 1 heterocycles. The number of aromatic nitrogens is 2. The number of ether oxygens (including phenoxy) is 1. The zero-order valence-electron chi connectivity index (χ0n) is 11.2. The van der Waals surface area contributed by atoms with Crippen LogP contribution in [0.2, 0.25) is 0 Å². The van der Waals surface area contributed by atoms with Crippen molar-refractivity contribution >= 4 is 0 Å². The average Bonchev–Trinajstić information content (AvgIpc) is 2.87. The Bertz CT molecular complexity index is 566. The van der Waals surface area contributed by atoms with E-state index < -0.39 is 11.9 Å². The Morgan fingerprint density at radius 2 is 2.11 bits per heavy atom. The van der Waals surface area contributed by atoms with Gasteiger partial charge in [-0.3, -0.25) is 4.68 Å². The molecule has 1 atom stereocenters. The van der Waals surface area contributed by atoms with Crippen LogP contribution >= 0.6 is 0 Å². The van der Waals surface area contributed by atoms with Crippen LogP contribution in [0.1, 0.15) is 37.1 Å². The molecular formula is C14H17FN2O2. The molecule has 1 aromatic heterocycles. The first-order valence-corrected chi connectivity index (χ1v) is 6.08. The predicted octanol–water partition coefficient (Wildman–Crippen LogP) is 2.69. The van der Waals surface area contributed by atoms with Gasteiger partial charge in [-0.25, -0.2) is 4.39 Å². The number of aliphatic hydroxyl groups is 1. The molecule has 0 aliphatic carbocycles. The van der Waals surface area contributed by atoms with Crippen LogP contribution < -0.4 is 4.74 Å². The van der Waals surface area contributed by atoms with Gasteiger partial charge in [-0.15, -0.1) is 0 Å². The molecule has 0 amide bonds. The summed E-state index contributed by atoms with van der Waals surface area (Å²) in [6.07, 6.45) is 2.37. The lowest BCUT2D eigenvalue weighted by Gasteiger charge is -2.13. The smallest absolute Gasteiger partial charge is 0.125 e. The molecule has 0 saturated carbocycles. The van der Waals surface area contributed by atoms with E-state index in [1.54, 1.807) is 17.1 Å². The Labute approximate surface area is 111 Å². The van der Waals surface area contributed by atoms with Gasteiger partial charge >= 0.3 is 0 Å². The van der Waals surface area contributed by atoms with E-state index in [0.29, 0.717) is 16.9 Å². The maximum atomic E-state index is 13.3. The standard InChI is InChI=1S/C14H17FN2O2/c1-9(2)17-8-10(7-16-17)14(18)12-6-11(15)4-5-13(12)19-3/h4-9,14,18H,1-3H3. The molecule has 19 heavy (non-hydrogen) atoms. The van der Waals surface area contributed by atoms with Crippen molar-refractivity contribution in [3.8, 4) is 5.75 Å². The number of hydrogen-bond acceptors (Lipinski definition) is 3. The summed E-state index contributed by atoms with van der Waals surface area (Å²) in [4.78, 5) is 0. The van der Waals surface area contributed by atoms with Gasteiger partial charge in [0.1, 0.15) is 17.7 Å². The Morgan fingerprint density at radius 1 is 1.37 bits per heavy atom. The average molecular weight is 264 g/mol. The highest BCUT2D eigenvalue weighted by Crippen LogP contribution is 2.30. The van der Waals surface area contributed by atoms with Crippen LogP contribution in [0.3, 0.4) is 0 Å². The summed E-state index contributed by atoms with van der Waals surface area (Å²) < 4.78 is 20.2. The molecule has 0 fully saturated rings. The van der Waals surface area contributed by atoms with Crippen molar-refractivity contribution in [1.82, 2.24) is 9.78 Å². The maximum absolute atomic E-state index is 13.3. The van der Waals surface area contributed by atoms with Crippen molar-refractivity contribution in [2.24, 2.45) is 0 Å². The number of nitrogens with zero attached hydrogens (tertiary/aromatic N) is 2. The van der Waals surface area contributed by atoms with Crippen molar-refractivity contribution in [2.75, 3.05) is 7.11 Å². The van der Waals surface area contributed by atoms with E-state index in [4.69, 9.17) is 4.74 Å². The van der Waals surface area contributed by atoms with E-state index >= 15 is 0 Å². The third kappa shape index (κ3) is 2.76. The van der Waals surface area contributed by atoms with E-state index in [9.17, 15) is 9.50 Å². The first kappa shape index (κ1) is 13.5. The Kier molecular flexibility index (Phi) is 3.85. The van der Waals surface area contributed by atoms with Gasteiger partial charge in [0.2, 0.25) is 0 Å². The minimum absolute atomic E-state index is 0.204. The van der Waals surface area contributed by atoms with Crippen molar-refractivity contribution < 1.29 is 14.2 Å². The van der Waals surface area contributed by atoms with Gasteiger partial charge in [0.15, 0.2) is 0 Å². The van der Waals surface area contributed by atoms with Crippen LogP contribution in [0.5, 0.6) is 5.75 Å². The number of halogens is 1. The first-order chi connectivity index (χ1) is 9.02. The summed E-state index contributed by atoms with van der Waals surface area (Å²) in [5, 5.41) is 14.5. The number of aliphatic hydroxyl groups excluding tert-OH is 1. The van der Waals surface area contributed by atoms with E-state index in [-0.39, 0.29) is 6.04 Å². The second kappa shape index (κ2) is 5.40. The lowest BCUT2D eigenvalue weighted by molar-refractivity contribution is 0.214. The number of hydrogen-bond donors (Lipinski definition) is 1. The molecule has 0 bridgehead atoms. The molecule has 2 aromatic rings. The van der Waals surface area contributed by atoms with Crippen LogP contribution in [-0.4, -0.2) is 22.0 Å². The molecular weight excluding hydrogens is 247 g/mol. The number of methoxy groups -OCH3 is 1. The fourth-order valence-electron chi connectivity index (χ4n) is 1.87. The van der Waals surface area contributed by atoms with Crippen molar-refractivity contribution in [1.29, 1.82) is 0 Å². The fraction of sp³-hybridized carbons (Fsp3) is 0.357. The highest BCUT2D eigenvalue weighted by atomic mass is 19.1. The van der Waals surface area contributed by atoms with Gasteiger partial charge < -0.3 is 9.84 Å². The predicted molar refractivity (Wildman–Crippen MR) is 69.6 cm³/mol. The van der Waals surface area contributed by atoms with Crippen molar-refractivity contribution in [3.05, 3.63) is 47.5 Å². The van der Waals surface area contributed by atoms with Crippen molar-refractivity contribution in [3.63, 3.8) is 0 Å². The molecule has 0 spiro atoms. The molecule has 102 valence electrons. The zero-order chi connectivity index (χ0) is 14.0. The first-order valence-electron chi connectivity index (χ1n) is 6.08. The van der Waals surface area contributed by atoms with Crippen LogP contribution in [-0.2, 0) is 0 Å². The maximum Gasteiger partial charge on any atom is 0.125 e. The molecule has 0 radical (unpaired) electrons. The second-order valence-corrected chi connectivity index (χ2v) is 4.64. The Morgan fingerprint density at radius 3 is 2.68 bits per heavy atom. The third-order valence-corrected chi connectivity index (χ3v) is 2.95. The molecule has 1 N–H and O–H groups in total. The summed E-state index contributed by atoms with van der Waals surface area (Å²) in [5.74, 6) is 0.0392. The quantitative estimate of drug-likeness (QED) is 0.923. The monoisotopic (exact) mass is 264 g/mol. The number of benzene rings is 1. The molecule has 0 aliphatic rings. The van der Waals surface area contributed by atoms with E-state index in [2.05, 4.69) is 5.10 Å². The zero-order valence-corrected chi connectivity index (χ0v) is 11.2. The molecule has 1 unspecified atom stereocenters. The largest absolute Gasteiger partial charge is 0.496 e. The normalized spacial score (nSPS) is 12.7. The summed E-state index contributed by atoms with van der Waals surface area (Å²) in [6.45, 7) is 3.98. The lowest BCUT2D eigenvalue weighted by Crippen LogP contribution is -2.03.